The molecular weight excluding hydrogens is 250 g/mol. The van der Waals surface area contributed by atoms with Crippen molar-refractivity contribution in [3.8, 4) is 0 Å². The Balaban J connectivity index is 2.24. The molecule has 3 atom stereocenters. The number of carbonyl (C=O) groups excluding carboxylic acids is 1. The number of ether oxygens (including phenoxy) is 1. The summed E-state index contributed by atoms with van der Waals surface area (Å²) in [5, 5.41) is 0. The summed E-state index contributed by atoms with van der Waals surface area (Å²) in [5.41, 5.74) is 1.34. The van der Waals surface area contributed by atoms with Crippen molar-refractivity contribution in [2.24, 2.45) is 5.92 Å². The van der Waals surface area contributed by atoms with Gasteiger partial charge in [-0.05, 0) is 50.8 Å². The van der Waals surface area contributed by atoms with E-state index >= 15 is 0 Å². The highest BCUT2D eigenvalue weighted by molar-refractivity contribution is 5.76. The topological polar surface area (TPSA) is 29.5 Å². The summed E-state index contributed by atoms with van der Waals surface area (Å²) in [5.74, 6) is 0.616. The van der Waals surface area contributed by atoms with Crippen LogP contribution in [-0.2, 0) is 9.53 Å². The fourth-order valence-corrected chi connectivity index (χ4v) is 3.38. The number of likely N-dealkylation sites (N-methyl/N-ethyl adjacent to an activating group) is 1. The highest BCUT2D eigenvalue weighted by atomic mass is 16.5. The zero-order chi connectivity index (χ0) is 14.5. The Kier molecular flexibility index (Phi) is 5.18. The molecule has 3 nitrogen and oxygen atoms in total. The van der Waals surface area contributed by atoms with Gasteiger partial charge >= 0.3 is 5.97 Å². The molecular formula is C17H25NO2. The first-order chi connectivity index (χ1) is 9.65. The Labute approximate surface area is 121 Å². The molecule has 0 saturated carbocycles. The maximum Gasteiger partial charge on any atom is 0.323 e. The zero-order valence-electron chi connectivity index (χ0n) is 12.7. The second kappa shape index (κ2) is 6.89. The van der Waals surface area contributed by atoms with Gasteiger partial charge in [-0.15, -0.1) is 0 Å². The lowest BCUT2D eigenvalue weighted by Gasteiger charge is -2.32. The van der Waals surface area contributed by atoms with Gasteiger partial charge < -0.3 is 4.74 Å². The Morgan fingerprint density at radius 1 is 1.35 bits per heavy atom. The van der Waals surface area contributed by atoms with Gasteiger partial charge in [-0.1, -0.05) is 37.3 Å². The van der Waals surface area contributed by atoms with E-state index in [0.29, 0.717) is 12.5 Å². The first-order valence-electron chi connectivity index (χ1n) is 7.57. The monoisotopic (exact) mass is 275 g/mol. The second-order valence-electron chi connectivity index (χ2n) is 5.70. The van der Waals surface area contributed by atoms with Crippen molar-refractivity contribution in [2.45, 2.75) is 38.6 Å². The number of hydrogen-bond donors (Lipinski definition) is 0. The first-order valence-corrected chi connectivity index (χ1v) is 7.57. The Hall–Kier alpha value is -1.35. The van der Waals surface area contributed by atoms with Gasteiger partial charge in [0.25, 0.3) is 0 Å². The van der Waals surface area contributed by atoms with E-state index in [4.69, 9.17) is 4.74 Å². The van der Waals surface area contributed by atoms with E-state index in [-0.39, 0.29) is 17.9 Å². The number of rotatable bonds is 3. The molecule has 1 aromatic carbocycles. The van der Waals surface area contributed by atoms with Crippen LogP contribution < -0.4 is 0 Å². The van der Waals surface area contributed by atoms with Crippen LogP contribution in [0, 0.1) is 5.92 Å². The van der Waals surface area contributed by atoms with Crippen LogP contribution >= 0.6 is 0 Å². The lowest BCUT2D eigenvalue weighted by molar-refractivity contribution is -0.151. The second-order valence-corrected chi connectivity index (χ2v) is 5.70. The van der Waals surface area contributed by atoms with Gasteiger partial charge in [0.05, 0.1) is 6.61 Å². The van der Waals surface area contributed by atoms with Crippen LogP contribution in [0.15, 0.2) is 30.3 Å². The van der Waals surface area contributed by atoms with E-state index in [1.807, 2.05) is 20.0 Å². The summed E-state index contributed by atoms with van der Waals surface area (Å²) in [4.78, 5) is 14.4. The SMILES string of the molecule is CCOC(=O)C1C(C)C(c2ccccc2)CCCN1C. The van der Waals surface area contributed by atoms with Crippen LogP contribution in [0.5, 0.6) is 0 Å². The maximum atomic E-state index is 12.3. The third-order valence-corrected chi connectivity index (χ3v) is 4.39. The third kappa shape index (κ3) is 3.21. The first kappa shape index (κ1) is 15.0. The molecule has 0 radical (unpaired) electrons. The van der Waals surface area contributed by atoms with Crippen LogP contribution in [-0.4, -0.2) is 37.1 Å². The molecule has 0 amide bonds. The smallest absolute Gasteiger partial charge is 0.323 e. The molecule has 1 aromatic rings. The molecule has 1 aliphatic rings. The van der Waals surface area contributed by atoms with Crippen molar-refractivity contribution in [1.82, 2.24) is 4.90 Å². The Bertz CT molecular complexity index is 432. The van der Waals surface area contributed by atoms with Crippen LogP contribution in [0.25, 0.3) is 0 Å². The third-order valence-electron chi connectivity index (χ3n) is 4.39. The molecule has 1 saturated heterocycles. The lowest BCUT2D eigenvalue weighted by atomic mass is 9.80. The molecule has 0 spiro atoms. The highest BCUT2D eigenvalue weighted by Gasteiger charge is 2.37. The highest BCUT2D eigenvalue weighted by Crippen LogP contribution is 2.35. The predicted octanol–water partition coefficient (Wildman–Crippen LogP) is 3.06. The summed E-state index contributed by atoms with van der Waals surface area (Å²) in [6, 6.07) is 10.4. The summed E-state index contributed by atoms with van der Waals surface area (Å²) in [6.45, 7) is 5.46. The molecule has 0 aliphatic carbocycles. The van der Waals surface area contributed by atoms with E-state index in [9.17, 15) is 4.79 Å². The molecule has 3 heteroatoms. The van der Waals surface area contributed by atoms with Crippen molar-refractivity contribution >= 4 is 5.97 Å². The van der Waals surface area contributed by atoms with Crippen LogP contribution in [0.2, 0.25) is 0 Å². The summed E-state index contributed by atoms with van der Waals surface area (Å²) in [7, 11) is 2.03. The van der Waals surface area contributed by atoms with Gasteiger partial charge in [0.1, 0.15) is 6.04 Å². The number of hydrogen-bond acceptors (Lipinski definition) is 3. The van der Waals surface area contributed by atoms with Crippen molar-refractivity contribution in [2.75, 3.05) is 20.2 Å². The van der Waals surface area contributed by atoms with Gasteiger partial charge in [0, 0.05) is 0 Å². The average Bonchev–Trinajstić information content (AvgIpc) is 2.58. The van der Waals surface area contributed by atoms with Crippen molar-refractivity contribution in [3.63, 3.8) is 0 Å². The normalized spacial score (nSPS) is 27.9. The molecule has 3 unspecified atom stereocenters. The molecule has 2 rings (SSSR count). The minimum absolute atomic E-state index is 0.0784. The minimum Gasteiger partial charge on any atom is -0.465 e. The number of esters is 1. The predicted molar refractivity (Wildman–Crippen MR) is 80.6 cm³/mol. The van der Waals surface area contributed by atoms with Gasteiger partial charge in [-0.3, -0.25) is 9.69 Å². The number of benzene rings is 1. The molecule has 0 aromatic heterocycles. The van der Waals surface area contributed by atoms with Gasteiger partial charge in [0.15, 0.2) is 0 Å². The summed E-state index contributed by atoms with van der Waals surface area (Å²) < 4.78 is 5.28. The van der Waals surface area contributed by atoms with Gasteiger partial charge in [0.2, 0.25) is 0 Å². The number of nitrogens with zero attached hydrogens (tertiary/aromatic N) is 1. The van der Waals surface area contributed by atoms with Crippen LogP contribution in [0.3, 0.4) is 0 Å². The molecule has 1 fully saturated rings. The fraction of sp³-hybridized carbons (Fsp3) is 0.588. The minimum atomic E-state index is -0.136. The molecule has 0 N–H and O–H groups in total. The van der Waals surface area contributed by atoms with E-state index in [1.54, 1.807) is 0 Å². The van der Waals surface area contributed by atoms with E-state index in [2.05, 4.69) is 36.1 Å². The number of likely N-dealkylation sites (tertiary alicyclic amines) is 1. The van der Waals surface area contributed by atoms with E-state index in [0.717, 1.165) is 19.4 Å². The zero-order valence-corrected chi connectivity index (χ0v) is 12.7. The summed E-state index contributed by atoms with van der Waals surface area (Å²) >= 11 is 0. The molecule has 0 bridgehead atoms. The molecule has 1 heterocycles. The lowest BCUT2D eigenvalue weighted by Crippen LogP contribution is -2.44. The van der Waals surface area contributed by atoms with Gasteiger partial charge in [-0.2, -0.15) is 0 Å². The average molecular weight is 275 g/mol. The van der Waals surface area contributed by atoms with Crippen molar-refractivity contribution in [3.05, 3.63) is 35.9 Å². The van der Waals surface area contributed by atoms with Crippen molar-refractivity contribution < 1.29 is 9.53 Å². The van der Waals surface area contributed by atoms with Crippen LogP contribution in [0.4, 0.5) is 0 Å². The molecule has 110 valence electrons. The Morgan fingerprint density at radius 3 is 2.70 bits per heavy atom. The number of carbonyl (C=O) groups is 1. The van der Waals surface area contributed by atoms with E-state index < -0.39 is 0 Å². The largest absolute Gasteiger partial charge is 0.465 e. The molecule has 1 aliphatic heterocycles. The fourth-order valence-electron chi connectivity index (χ4n) is 3.38. The van der Waals surface area contributed by atoms with E-state index in [1.165, 1.54) is 5.56 Å². The molecule has 20 heavy (non-hydrogen) atoms. The standard InChI is InChI=1S/C17H25NO2/c1-4-20-17(19)16-13(2)15(11-8-12-18(16)3)14-9-6-5-7-10-14/h5-7,9-10,13,15-16H,4,8,11-12H2,1-3H3. The summed E-state index contributed by atoms with van der Waals surface area (Å²) in [6.07, 6.45) is 2.25. The Morgan fingerprint density at radius 2 is 2.05 bits per heavy atom. The maximum absolute atomic E-state index is 12.3. The quantitative estimate of drug-likeness (QED) is 0.794. The van der Waals surface area contributed by atoms with Gasteiger partial charge in [-0.25, -0.2) is 0 Å². The van der Waals surface area contributed by atoms with Crippen molar-refractivity contribution in [1.29, 1.82) is 0 Å². The van der Waals surface area contributed by atoms with Crippen LogP contribution in [0.1, 0.15) is 38.2 Å².